The number of nitrogens with zero attached hydrogens (tertiary/aromatic N) is 1. The van der Waals surface area contributed by atoms with Gasteiger partial charge in [-0.1, -0.05) is 36.8 Å². The highest BCUT2D eigenvalue weighted by atomic mass is 16.4. The van der Waals surface area contributed by atoms with Crippen LogP contribution >= 0.6 is 0 Å². The maximum atomic E-state index is 10.8. The number of likely N-dealkylation sites (tertiary alicyclic amines) is 1. The van der Waals surface area contributed by atoms with Gasteiger partial charge in [0.1, 0.15) is 0 Å². The lowest BCUT2D eigenvalue weighted by Crippen LogP contribution is -2.34. The average molecular weight is 247 g/mol. The minimum atomic E-state index is -0.701. The molecule has 98 valence electrons. The average Bonchev–Trinajstić information content (AvgIpc) is 2.41. The maximum Gasteiger partial charge on any atom is 0.303 e. The predicted octanol–water partition coefficient (Wildman–Crippen LogP) is 3.08. The van der Waals surface area contributed by atoms with Crippen LogP contribution in [0.15, 0.2) is 30.3 Å². The molecule has 0 aromatic heterocycles. The van der Waals surface area contributed by atoms with Crippen molar-refractivity contribution in [1.29, 1.82) is 0 Å². The molecule has 1 atom stereocenters. The molecular formula is C15H21NO2. The standard InChI is InChI=1S/C15H21NO2/c17-15(18)10-9-14(13-7-3-1-4-8-13)16-11-5-2-6-12-16/h1,3-4,7-8,14H,2,5-6,9-12H2,(H,17,18). The van der Waals surface area contributed by atoms with E-state index >= 15 is 0 Å². The summed E-state index contributed by atoms with van der Waals surface area (Å²) < 4.78 is 0. The first-order valence-corrected chi connectivity index (χ1v) is 6.78. The summed E-state index contributed by atoms with van der Waals surface area (Å²) in [6.07, 6.45) is 4.72. The van der Waals surface area contributed by atoms with Gasteiger partial charge in [0.05, 0.1) is 0 Å². The summed E-state index contributed by atoms with van der Waals surface area (Å²) in [6, 6.07) is 10.6. The van der Waals surface area contributed by atoms with E-state index in [-0.39, 0.29) is 12.5 Å². The molecule has 1 aliphatic rings. The zero-order valence-electron chi connectivity index (χ0n) is 10.7. The first kappa shape index (κ1) is 13.1. The Labute approximate surface area is 108 Å². The number of hydrogen-bond donors (Lipinski definition) is 1. The Morgan fingerprint density at radius 2 is 1.83 bits per heavy atom. The summed E-state index contributed by atoms with van der Waals surface area (Å²) in [7, 11) is 0. The highest BCUT2D eigenvalue weighted by molar-refractivity contribution is 5.66. The van der Waals surface area contributed by atoms with Gasteiger partial charge in [-0.2, -0.15) is 0 Å². The van der Waals surface area contributed by atoms with E-state index in [1.54, 1.807) is 0 Å². The number of hydrogen-bond acceptors (Lipinski definition) is 2. The second-order valence-electron chi connectivity index (χ2n) is 4.96. The largest absolute Gasteiger partial charge is 0.481 e. The SMILES string of the molecule is O=C(O)CCC(c1ccccc1)N1CCCCC1. The van der Waals surface area contributed by atoms with Crippen molar-refractivity contribution in [3.05, 3.63) is 35.9 Å². The van der Waals surface area contributed by atoms with Gasteiger partial charge in [0, 0.05) is 12.5 Å². The van der Waals surface area contributed by atoms with Gasteiger partial charge >= 0.3 is 5.97 Å². The number of rotatable bonds is 5. The van der Waals surface area contributed by atoms with Crippen molar-refractivity contribution in [1.82, 2.24) is 4.90 Å². The van der Waals surface area contributed by atoms with Crippen LogP contribution in [-0.4, -0.2) is 29.1 Å². The molecule has 1 aromatic rings. The topological polar surface area (TPSA) is 40.5 Å². The van der Waals surface area contributed by atoms with Crippen LogP contribution in [0.2, 0.25) is 0 Å². The second kappa shape index (κ2) is 6.55. The monoisotopic (exact) mass is 247 g/mol. The third-order valence-electron chi connectivity index (χ3n) is 3.65. The Morgan fingerprint density at radius 1 is 1.17 bits per heavy atom. The quantitative estimate of drug-likeness (QED) is 0.869. The van der Waals surface area contributed by atoms with Crippen LogP contribution in [0.3, 0.4) is 0 Å². The lowest BCUT2D eigenvalue weighted by Gasteiger charge is -2.34. The van der Waals surface area contributed by atoms with E-state index in [1.165, 1.54) is 24.8 Å². The van der Waals surface area contributed by atoms with Crippen molar-refractivity contribution in [3.8, 4) is 0 Å². The van der Waals surface area contributed by atoms with E-state index in [2.05, 4.69) is 17.0 Å². The van der Waals surface area contributed by atoms with Gasteiger partial charge in [-0.25, -0.2) is 0 Å². The summed E-state index contributed by atoms with van der Waals surface area (Å²) >= 11 is 0. The molecule has 1 aliphatic heterocycles. The number of carboxylic acids is 1. The lowest BCUT2D eigenvalue weighted by atomic mass is 9.97. The smallest absolute Gasteiger partial charge is 0.303 e. The number of benzene rings is 1. The zero-order valence-corrected chi connectivity index (χ0v) is 10.7. The maximum absolute atomic E-state index is 10.8. The molecule has 1 aromatic carbocycles. The van der Waals surface area contributed by atoms with Crippen LogP contribution < -0.4 is 0 Å². The molecule has 0 bridgehead atoms. The molecule has 0 aliphatic carbocycles. The van der Waals surface area contributed by atoms with E-state index < -0.39 is 5.97 Å². The van der Waals surface area contributed by atoms with E-state index in [0.29, 0.717) is 6.42 Å². The molecule has 1 fully saturated rings. The Kier molecular flexibility index (Phi) is 4.76. The van der Waals surface area contributed by atoms with Crippen molar-refractivity contribution < 1.29 is 9.90 Å². The Morgan fingerprint density at radius 3 is 2.44 bits per heavy atom. The van der Waals surface area contributed by atoms with Crippen molar-refractivity contribution in [2.75, 3.05) is 13.1 Å². The molecule has 18 heavy (non-hydrogen) atoms. The van der Waals surface area contributed by atoms with Crippen LogP contribution in [0.1, 0.15) is 43.7 Å². The van der Waals surface area contributed by atoms with Crippen LogP contribution in [0.4, 0.5) is 0 Å². The van der Waals surface area contributed by atoms with Gasteiger partial charge in [0.15, 0.2) is 0 Å². The molecule has 1 heterocycles. The third kappa shape index (κ3) is 3.57. The fourth-order valence-corrected chi connectivity index (χ4v) is 2.73. The summed E-state index contributed by atoms with van der Waals surface area (Å²) in [6.45, 7) is 2.19. The van der Waals surface area contributed by atoms with Crippen molar-refractivity contribution in [3.63, 3.8) is 0 Å². The van der Waals surface area contributed by atoms with Crippen LogP contribution in [-0.2, 0) is 4.79 Å². The van der Waals surface area contributed by atoms with E-state index in [0.717, 1.165) is 13.1 Å². The highest BCUT2D eigenvalue weighted by Gasteiger charge is 2.22. The van der Waals surface area contributed by atoms with E-state index in [1.807, 2.05) is 18.2 Å². The number of carbonyl (C=O) groups is 1. The minimum Gasteiger partial charge on any atom is -0.481 e. The van der Waals surface area contributed by atoms with Crippen LogP contribution in [0.25, 0.3) is 0 Å². The molecule has 3 nitrogen and oxygen atoms in total. The number of carboxylic acid groups (broad SMARTS) is 1. The molecular weight excluding hydrogens is 226 g/mol. The van der Waals surface area contributed by atoms with Crippen LogP contribution in [0.5, 0.6) is 0 Å². The van der Waals surface area contributed by atoms with Gasteiger partial charge in [0.25, 0.3) is 0 Å². The van der Waals surface area contributed by atoms with Crippen molar-refractivity contribution >= 4 is 5.97 Å². The molecule has 1 N–H and O–H groups in total. The molecule has 0 amide bonds. The van der Waals surface area contributed by atoms with Gasteiger partial charge < -0.3 is 5.11 Å². The summed E-state index contributed by atoms with van der Waals surface area (Å²) in [5, 5.41) is 8.89. The first-order valence-electron chi connectivity index (χ1n) is 6.78. The molecule has 1 unspecified atom stereocenters. The summed E-state index contributed by atoms with van der Waals surface area (Å²) in [5.74, 6) is -0.701. The first-order chi connectivity index (χ1) is 8.77. The van der Waals surface area contributed by atoms with Crippen molar-refractivity contribution in [2.45, 2.75) is 38.1 Å². The molecule has 3 heteroatoms. The summed E-state index contributed by atoms with van der Waals surface area (Å²) in [5.41, 5.74) is 1.25. The molecule has 1 saturated heterocycles. The minimum absolute atomic E-state index is 0.246. The Bertz CT molecular complexity index is 371. The fraction of sp³-hybridized carbons (Fsp3) is 0.533. The highest BCUT2D eigenvalue weighted by Crippen LogP contribution is 2.28. The Balaban J connectivity index is 2.08. The fourth-order valence-electron chi connectivity index (χ4n) is 2.73. The number of piperidine rings is 1. The van der Waals surface area contributed by atoms with Gasteiger partial charge in [-0.05, 0) is 37.9 Å². The molecule has 0 radical (unpaired) electrons. The second-order valence-corrected chi connectivity index (χ2v) is 4.96. The Hall–Kier alpha value is -1.35. The predicted molar refractivity (Wildman–Crippen MR) is 71.5 cm³/mol. The van der Waals surface area contributed by atoms with Gasteiger partial charge in [-0.15, -0.1) is 0 Å². The zero-order chi connectivity index (χ0) is 12.8. The van der Waals surface area contributed by atoms with E-state index in [4.69, 9.17) is 5.11 Å². The third-order valence-corrected chi connectivity index (χ3v) is 3.65. The number of aliphatic carboxylic acids is 1. The van der Waals surface area contributed by atoms with Gasteiger partial charge in [0.2, 0.25) is 0 Å². The molecule has 0 saturated carbocycles. The molecule has 0 spiro atoms. The van der Waals surface area contributed by atoms with Crippen LogP contribution in [0, 0.1) is 0 Å². The van der Waals surface area contributed by atoms with Crippen molar-refractivity contribution in [2.24, 2.45) is 0 Å². The normalized spacial score (nSPS) is 18.4. The molecule has 2 rings (SSSR count). The van der Waals surface area contributed by atoms with E-state index in [9.17, 15) is 4.79 Å². The summed E-state index contributed by atoms with van der Waals surface area (Å²) in [4.78, 5) is 13.2. The van der Waals surface area contributed by atoms with Gasteiger partial charge in [-0.3, -0.25) is 9.69 Å². The lowest BCUT2D eigenvalue weighted by molar-refractivity contribution is -0.137.